The SMILES string of the molecule is O=C1C2CCC(C2)C(=O)N1Cc1ccc(CO)cc1. The van der Waals surface area contributed by atoms with Crippen molar-refractivity contribution in [3.63, 3.8) is 0 Å². The van der Waals surface area contributed by atoms with E-state index in [0.29, 0.717) is 6.54 Å². The highest BCUT2D eigenvalue weighted by Crippen LogP contribution is 2.38. The molecule has 4 heteroatoms. The Labute approximate surface area is 112 Å². The van der Waals surface area contributed by atoms with Gasteiger partial charge < -0.3 is 5.11 Å². The van der Waals surface area contributed by atoms with Crippen LogP contribution in [0.5, 0.6) is 0 Å². The lowest BCUT2D eigenvalue weighted by Crippen LogP contribution is -2.45. The first-order valence-electron chi connectivity index (χ1n) is 6.73. The van der Waals surface area contributed by atoms with E-state index in [2.05, 4.69) is 0 Å². The molecule has 1 heterocycles. The van der Waals surface area contributed by atoms with Gasteiger partial charge in [0.2, 0.25) is 11.8 Å². The number of fused-ring (bicyclic) bond motifs is 2. The summed E-state index contributed by atoms with van der Waals surface area (Å²) in [6.07, 6.45) is 2.46. The van der Waals surface area contributed by atoms with Crippen LogP contribution < -0.4 is 0 Å². The average Bonchev–Trinajstić information content (AvgIpc) is 2.89. The maximum Gasteiger partial charge on any atom is 0.232 e. The molecule has 3 rings (SSSR count). The first kappa shape index (κ1) is 12.4. The molecule has 19 heavy (non-hydrogen) atoms. The molecule has 100 valence electrons. The van der Waals surface area contributed by atoms with Gasteiger partial charge in [-0.25, -0.2) is 0 Å². The number of carbonyl (C=O) groups is 2. The Morgan fingerprint density at radius 3 is 2.05 bits per heavy atom. The van der Waals surface area contributed by atoms with E-state index in [0.717, 1.165) is 30.4 Å². The summed E-state index contributed by atoms with van der Waals surface area (Å²) in [5, 5.41) is 8.99. The molecule has 1 saturated heterocycles. The Kier molecular flexibility index (Phi) is 3.11. The van der Waals surface area contributed by atoms with Gasteiger partial charge in [0, 0.05) is 11.8 Å². The van der Waals surface area contributed by atoms with Crippen LogP contribution in [-0.4, -0.2) is 21.8 Å². The third-order valence-corrected chi connectivity index (χ3v) is 4.21. The number of nitrogens with zero attached hydrogens (tertiary/aromatic N) is 1. The van der Waals surface area contributed by atoms with E-state index < -0.39 is 0 Å². The number of benzene rings is 1. The maximum atomic E-state index is 12.2. The van der Waals surface area contributed by atoms with Crippen molar-refractivity contribution >= 4 is 11.8 Å². The molecule has 4 nitrogen and oxygen atoms in total. The molecule has 1 saturated carbocycles. The average molecular weight is 259 g/mol. The third kappa shape index (κ3) is 2.16. The predicted octanol–water partition coefficient (Wildman–Crippen LogP) is 1.46. The Morgan fingerprint density at radius 1 is 1.00 bits per heavy atom. The van der Waals surface area contributed by atoms with Gasteiger partial charge in [0.15, 0.2) is 0 Å². The number of aliphatic hydroxyl groups is 1. The minimum absolute atomic E-state index is 0.00596. The zero-order valence-corrected chi connectivity index (χ0v) is 10.7. The summed E-state index contributed by atoms with van der Waals surface area (Å²) in [5.74, 6) is 0.0915. The number of likely N-dealkylation sites (tertiary alicyclic amines) is 1. The zero-order valence-electron chi connectivity index (χ0n) is 10.7. The topological polar surface area (TPSA) is 57.6 Å². The molecule has 1 aliphatic heterocycles. The minimum atomic E-state index is -0.00927. The fourth-order valence-corrected chi connectivity index (χ4v) is 3.07. The summed E-state index contributed by atoms with van der Waals surface area (Å²) in [6.45, 7) is 0.363. The zero-order chi connectivity index (χ0) is 13.4. The number of hydrogen-bond acceptors (Lipinski definition) is 3. The van der Waals surface area contributed by atoms with Crippen LogP contribution in [-0.2, 0) is 22.7 Å². The van der Waals surface area contributed by atoms with Crippen molar-refractivity contribution in [1.29, 1.82) is 0 Å². The van der Waals surface area contributed by atoms with Gasteiger partial charge in [0.05, 0.1) is 13.2 Å². The van der Waals surface area contributed by atoms with E-state index in [1.54, 1.807) is 0 Å². The normalized spacial score (nSPS) is 26.1. The second-order valence-corrected chi connectivity index (χ2v) is 5.44. The molecule has 2 atom stereocenters. The van der Waals surface area contributed by atoms with E-state index >= 15 is 0 Å². The lowest BCUT2D eigenvalue weighted by molar-refractivity contribution is -0.153. The van der Waals surface area contributed by atoms with Gasteiger partial charge >= 0.3 is 0 Å². The summed E-state index contributed by atoms with van der Waals surface area (Å²) in [7, 11) is 0. The molecule has 1 aromatic carbocycles. The summed E-state index contributed by atoms with van der Waals surface area (Å²) in [6, 6.07) is 7.37. The first-order valence-corrected chi connectivity index (χ1v) is 6.73. The van der Waals surface area contributed by atoms with Crippen LogP contribution in [0.3, 0.4) is 0 Å². The number of carbonyl (C=O) groups excluding carboxylic acids is 2. The maximum absolute atomic E-state index is 12.2. The van der Waals surface area contributed by atoms with Crippen LogP contribution in [0, 0.1) is 11.8 Å². The quantitative estimate of drug-likeness (QED) is 0.836. The molecule has 0 spiro atoms. The van der Waals surface area contributed by atoms with Crippen molar-refractivity contribution in [2.24, 2.45) is 11.8 Å². The Hall–Kier alpha value is -1.68. The van der Waals surface area contributed by atoms with Crippen LogP contribution in [0.25, 0.3) is 0 Å². The number of amides is 2. The monoisotopic (exact) mass is 259 g/mol. The number of imide groups is 1. The highest BCUT2D eigenvalue weighted by molar-refractivity contribution is 6.00. The molecule has 1 aromatic rings. The summed E-state index contributed by atoms with van der Waals surface area (Å²) in [4.78, 5) is 25.8. The smallest absolute Gasteiger partial charge is 0.232 e. The highest BCUT2D eigenvalue weighted by atomic mass is 16.3. The fraction of sp³-hybridized carbons (Fsp3) is 0.467. The van der Waals surface area contributed by atoms with E-state index in [1.165, 1.54) is 4.90 Å². The van der Waals surface area contributed by atoms with Crippen molar-refractivity contribution < 1.29 is 14.7 Å². The van der Waals surface area contributed by atoms with Crippen LogP contribution in [0.1, 0.15) is 30.4 Å². The van der Waals surface area contributed by atoms with Gasteiger partial charge in [0.25, 0.3) is 0 Å². The second kappa shape index (κ2) is 4.78. The molecular formula is C15H17NO3. The third-order valence-electron chi connectivity index (χ3n) is 4.21. The van der Waals surface area contributed by atoms with Crippen molar-refractivity contribution in [3.05, 3.63) is 35.4 Å². The molecule has 0 aromatic heterocycles. The van der Waals surface area contributed by atoms with Crippen LogP contribution in [0.15, 0.2) is 24.3 Å². The van der Waals surface area contributed by atoms with Gasteiger partial charge in [-0.3, -0.25) is 14.5 Å². The fourth-order valence-electron chi connectivity index (χ4n) is 3.07. The largest absolute Gasteiger partial charge is 0.392 e. The van der Waals surface area contributed by atoms with Crippen molar-refractivity contribution in [2.45, 2.75) is 32.4 Å². The molecule has 2 fully saturated rings. The number of hydrogen-bond donors (Lipinski definition) is 1. The molecule has 1 N–H and O–H groups in total. The van der Waals surface area contributed by atoms with Crippen LogP contribution >= 0.6 is 0 Å². The predicted molar refractivity (Wildman–Crippen MR) is 68.8 cm³/mol. The van der Waals surface area contributed by atoms with Crippen LogP contribution in [0.4, 0.5) is 0 Å². The molecular weight excluding hydrogens is 242 g/mol. The van der Waals surface area contributed by atoms with E-state index in [-0.39, 0.29) is 30.3 Å². The van der Waals surface area contributed by atoms with Gasteiger partial charge in [-0.2, -0.15) is 0 Å². The van der Waals surface area contributed by atoms with E-state index in [4.69, 9.17) is 5.11 Å². The summed E-state index contributed by atoms with van der Waals surface area (Å²) in [5.41, 5.74) is 1.76. The molecule has 2 aliphatic rings. The van der Waals surface area contributed by atoms with Gasteiger partial charge in [-0.15, -0.1) is 0 Å². The standard InChI is InChI=1S/C15H17NO3/c17-9-11-3-1-10(2-4-11)8-16-14(18)12-5-6-13(7-12)15(16)19/h1-4,12-13,17H,5-9H2. The first-order chi connectivity index (χ1) is 9.19. The molecule has 2 unspecified atom stereocenters. The Bertz CT molecular complexity index is 487. The lowest BCUT2D eigenvalue weighted by Gasteiger charge is -2.29. The van der Waals surface area contributed by atoms with Crippen molar-refractivity contribution in [1.82, 2.24) is 4.90 Å². The van der Waals surface area contributed by atoms with E-state index in [1.807, 2.05) is 24.3 Å². The lowest BCUT2D eigenvalue weighted by atomic mass is 9.96. The second-order valence-electron chi connectivity index (χ2n) is 5.44. The number of rotatable bonds is 3. The summed E-state index contributed by atoms with van der Waals surface area (Å²) >= 11 is 0. The minimum Gasteiger partial charge on any atom is -0.392 e. The van der Waals surface area contributed by atoms with Crippen molar-refractivity contribution in [2.75, 3.05) is 0 Å². The Balaban J connectivity index is 1.78. The van der Waals surface area contributed by atoms with E-state index in [9.17, 15) is 9.59 Å². The Morgan fingerprint density at radius 2 is 1.53 bits per heavy atom. The van der Waals surface area contributed by atoms with Gasteiger partial charge in [-0.1, -0.05) is 24.3 Å². The highest BCUT2D eigenvalue weighted by Gasteiger charge is 2.44. The van der Waals surface area contributed by atoms with Gasteiger partial charge in [-0.05, 0) is 30.4 Å². The van der Waals surface area contributed by atoms with Crippen molar-refractivity contribution in [3.8, 4) is 0 Å². The number of aliphatic hydroxyl groups excluding tert-OH is 1. The molecule has 2 amide bonds. The summed E-state index contributed by atoms with van der Waals surface area (Å²) < 4.78 is 0. The molecule has 1 aliphatic carbocycles. The molecule has 0 radical (unpaired) electrons. The molecule has 2 bridgehead atoms. The van der Waals surface area contributed by atoms with Crippen LogP contribution in [0.2, 0.25) is 0 Å². The van der Waals surface area contributed by atoms with Gasteiger partial charge in [0.1, 0.15) is 0 Å². The number of piperidine rings is 1.